The van der Waals surface area contributed by atoms with Gasteiger partial charge in [0.25, 0.3) is 10.0 Å². The number of para-hydroxylation sites is 1. The van der Waals surface area contributed by atoms with Gasteiger partial charge in [0, 0.05) is 6.20 Å². The van der Waals surface area contributed by atoms with Gasteiger partial charge < -0.3 is 0 Å². The zero-order chi connectivity index (χ0) is 21.6. The standard InChI is InChI=1S/C25H28NO2SSi/c1-4-30(5-2)25(22-12-8-6-9-13-22)20-26(23-14-10-7-11-15-23)29(27,28)24-18-16-21(3)17-19-24/h6-20H,4-5H2,1-3H3/b25-20-. The van der Waals surface area contributed by atoms with Gasteiger partial charge in [-0.3, -0.25) is 0 Å². The molecule has 0 atom stereocenters. The van der Waals surface area contributed by atoms with Gasteiger partial charge in [-0.1, -0.05) is 92.2 Å². The van der Waals surface area contributed by atoms with Crippen LogP contribution in [0.15, 0.2) is 96.0 Å². The van der Waals surface area contributed by atoms with Gasteiger partial charge in [0.1, 0.15) is 0 Å². The summed E-state index contributed by atoms with van der Waals surface area (Å²) in [7, 11) is -4.66. The van der Waals surface area contributed by atoms with E-state index in [-0.39, 0.29) is 0 Å². The topological polar surface area (TPSA) is 37.4 Å². The molecule has 0 saturated carbocycles. The number of nitrogens with zero attached hydrogens (tertiary/aromatic N) is 1. The van der Waals surface area contributed by atoms with E-state index in [1.54, 1.807) is 12.1 Å². The predicted octanol–water partition coefficient (Wildman–Crippen LogP) is 6.31. The van der Waals surface area contributed by atoms with Gasteiger partial charge in [-0.15, -0.1) is 0 Å². The molecule has 5 heteroatoms. The first-order valence-electron chi connectivity index (χ1n) is 10.3. The molecule has 3 rings (SSSR count). The van der Waals surface area contributed by atoms with Crippen LogP contribution in [0.3, 0.4) is 0 Å². The quantitative estimate of drug-likeness (QED) is 0.390. The molecule has 0 amide bonds. The van der Waals surface area contributed by atoms with E-state index >= 15 is 0 Å². The Hall–Kier alpha value is -2.63. The summed E-state index contributed by atoms with van der Waals surface area (Å²) < 4.78 is 28.9. The molecule has 3 aromatic carbocycles. The van der Waals surface area contributed by atoms with Crippen LogP contribution in [-0.4, -0.2) is 17.2 Å². The van der Waals surface area contributed by atoms with E-state index in [0.29, 0.717) is 10.6 Å². The van der Waals surface area contributed by atoms with Crippen LogP contribution in [-0.2, 0) is 10.0 Å². The Labute approximate surface area is 182 Å². The fraction of sp³-hybridized carbons (Fsp3) is 0.200. The lowest BCUT2D eigenvalue weighted by molar-refractivity contribution is 0.596. The number of aryl methyl sites for hydroxylation is 1. The molecule has 30 heavy (non-hydrogen) atoms. The van der Waals surface area contributed by atoms with Crippen molar-refractivity contribution < 1.29 is 8.42 Å². The molecule has 0 heterocycles. The molecule has 0 aromatic heterocycles. The van der Waals surface area contributed by atoms with E-state index in [1.807, 2.05) is 73.8 Å². The lowest BCUT2D eigenvalue weighted by atomic mass is 10.2. The molecule has 0 aliphatic carbocycles. The molecule has 1 radical (unpaired) electrons. The van der Waals surface area contributed by atoms with Crippen molar-refractivity contribution in [3.8, 4) is 0 Å². The molecule has 0 saturated heterocycles. The SMILES string of the molecule is CC[Si](CC)/C(=C\N(c1ccccc1)S(=O)(=O)c1ccc(C)cc1)c1ccccc1. The third-order valence-corrected chi connectivity index (χ3v) is 9.74. The Morgan fingerprint density at radius 2 is 1.37 bits per heavy atom. The summed E-state index contributed by atoms with van der Waals surface area (Å²) >= 11 is 0. The molecule has 0 fully saturated rings. The van der Waals surface area contributed by atoms with Crippen LogP contribution in [0.1, 0.15) is 25.0 Å². The summed E-state index contributed by atoms with van der Waals surface area (Å²) in [5, 5.41) is 1.13. The highest BCUT2D eigenvalue weighted by atomic mass is 32.2. The third kappa shape index (κ3) is 4.91. The molecule has 0 bridgehead atoms. The molecular formula is C25H28NO2SSi. The van der Waals surface area contributed by atoms with Crippen molar-refractivity contribution in [3.05, 3.63) is 102 Å². The maximum Gasteiger partial charge on any atom is 0.268 e. The van der Waals surface area contributed by atoms with E-state index in [4.69, 9.17) is 0 Å². The minimum Gasteiger partial charge on any atom is -0.242 e. The average molecular weight is 435 g/mol. The highest BCUT2D eigenvalue weighted by Crippen LogP contribution is 2.29. The van der Waals surface area contributed by atoms with Crippen molar-refractivity contribution in [3.63, 3.8) is 0 Å². The Balaban J connectivity index is 2.22. The first kappa shape index (κ1) is 22.1. The lowest BCUT2D eigenvalue weighted by Gasteiger charge is -2.25. The summed E-state index contributed by atoms with van der Waals surface area (Å²) in [5.41, 5.74) is 2.76. The van der Waals surface area contributed by atoms with Gasteiger partial charge in [-0.05, 0) is 41.9 Å². The van der Waals surface area contributed by atoms with Crippen molar-refractivity contribution in [2.75, 3.05) is 4.31 Å². The van der Waals surface area contributed by atoms with Gasteiger partial charge >= 0.3 is 0 Å². The molecule has 0 unspecified atom stereocenters. The summed E-state index contributed by atoms with van der Waals surface area (Å²) in [5.74, 6) is 0. The van der Waals surface area contributed by atoms with E-state index in [1.165, 1.54) is 4.31 Å². The predicted molar refractivity (Wildman–Crippen MR) is 128 cm³/mol. The zero-order valence-corrected chi connectivity index (χ0v) is 19.6. The van der Waals surface area contributed by atoms with Crippen LogP contribution < -0.4 is 4.31 Å². The third-order valence-electron chi connectivity index (χ3n) is 5.15. The monoisotopic (exact) mass is 434 g/mol. The fourth-order valence-corrected chi connectivity index (χ4v) is 7.01. The van der Waals surface area contributed by atoms with E-state index in [9.17, 15) is 8.42 Å². The molecule has 3 aromatic rings. The lowest BCUT2D eigenvalue weighted by Crippen LogP contribution is -2.28. The first-order chi connectivity index (χ1) is 14.5. The fourth-order valence-electron chi connectivity index (χ4n) is 3.42. The number of rotatable bonds is 8. The van der Waals surface area contributed by atoms with Crippen LogP contribution in [0.4, 0.5) is 5.69 Å². The van der Waals surface area contributed by atoms with Crippen LogP contribution in [0.25, 0.3) is 5.20 Å². The molecule has 0 N–H and O–H groups in total. The second kappa shape index (κ2) is 9.91. The van der Waals surface area contributed by atoms with Crippen LogP contribution in [0, 0.1) is 6.92 Å². The average Bonchev–Trinajstić information content (AvgIpc) is 2.78. The smallest absolute Gasteiger partial charge is 0.242 e. The van der Waals surface area contributed by atoms with E-state index in [2.05, 4.69) is 26.0 Å². The maximum absolute atomic E-state index is 13.7. The zero-order valence-electron chi connectivity index (χ0n) is 17.7. The second-order valence-electron chi connectivity index (χ2n) is 7.17. The van der Waals surface area contributed by atoms with Crippen LogP contribution in [0.2, 0.25) is 12.1 Å². The number of sulfonamides is 1. The highest BCUT2D eigenvalue weighted by molar-refractivity contribution is 7.93. The molecule has 0 spiro atoms. The van der Waals surface area contributed by atoms with Crippen LogP contribution >= 0.6 is 0 Å². The maximum atomic E-state index is 13.7. The minimum atomic E-state index is -3.75. The largest absolute Gasteiger partial charge is 0.268 e. The van der Waals surface area contributed by atoms with Crippen molar-refractivity contribution in [1.29, 1.82) is 0 Å². The van der Waals surface area contributed by atoms with Crippen molar-refractivity contribution in [2.24, 2.45) is 0 Å². The summed E-state index contributed by atoms with van der Waals surface area (Å²) in [6.45, 7) is 6.34. The molecular weight excluding hydrogens is 406 g/mol. The van der Waals surface area contributed by atoms with Gasteiger partial charge in [0.15, 0.2) is 0 Å². The van der Waals surface area contributed by atoms with E-state index in [0.717, 1.165) is 28.4 Å². The van der Waals surface area contributed by atoms with Gasteiger partial charge in [-0.25, -0.2) is 12.7 Å². The Morgan fingerprint density at radius 1 is 0.833 bits per heavy atom. The molecule has 0 aliphatic heterocycles. The van der Waals surface area contributed by atoms with Crippen molar-refractivity contribution in [2.45, 2.75) is 37.8 Å². The summed E-state index contributed by atoms with van der Waals surface area (Å²) in [6, 6.07) is 28.6. The summed E-state index contributed by atoms with van der Waals surface area (Å²) in [4.78, 5) is 0.294. The number of anilines is 1. The number of hydrogen-bond acceptors (Lipinski definition) is 2. The molecule has 155 valence electrons. The Morgan fingerprint density at radius 3 is 1.90 bits per heavy atom. The minimum absolute atomic E-state index is 0.294. The number of hydrogen-bond donors (Lipinski definition) is 0. The van der Waals surface area contributed by atoms with Crippen molar-refractivity contribution >= 4 is 29.7 Å². The number of benzene rings is 3. The Bertz CT molecular complexity index is 1080. The van der Waals surface area contributed by atoms with Crippen LogP contribution in [0.5, 0.6) is 0 Å². The second-order valence-corrected chi connectivity index (χ2v) is 12.1. The Kier molecular flexibility index (Phi) is 7.29. The normalized spacial score (nSPS) is 12.2. The van der Waals surface area contributed by atoms with E-state index < -0.39 is 18.8 Å². The van der Waals surface area contributed by atoms with Crippen molar-refractivity contribution in [1.82, 2.24) is 0 Å². The first-order valence-corrected chi connectivity index (χ1v) is 13.6. The summed E-state index contributed by atoms with van der Waals surface area (Å²) in [6.07, 6.45) is 1.86. The van der Waals surface area contributed by atoms with Gasteiger partial charge in [-0.2, -0.15) is 0 Å². The molecule has 0 aliphatic rings. The molecule has 3 nitrogen and oxygen atoms in total. The van der Waals surface area contributed by atoms with Gasteiger partial charge in [0.05, 0.1) is 19.4 Å². The highest BCUT2D eigenvalue weighted by Gasteiger charge is 2.26. The van der Waals surface area contributed by atoms with Gasteiger partial charge in [0.2, 0.25) is 0 Å².